The minimum absolute atomic E-state index is 0. The molecular formula is C14H17ClF3NO2. The predicted molar refractivity (Wildman–Crippen MR) is 74.9 cm³/mol. The molecule has 1 saturated heterocycles. The maximum Gasteiger partial charge on any atom is 0.416 e. The lowest BCUT2D eigenvalue weighted by Crippen LogP contribution is -2.28. The molecule has 0 aromatic heterocycles. The van der Waals surface area contributed by atoms with E-state index in [0.29, 0.717) is 25.9 Å². The van der Waals surface area contributed by atoms with Crippen LogP contribution in [0.5, 0.6) is 0 Å². The van der Waals surface area contributed by atoms with Crippen LogP contribution in [0.15, 0.2) is 18.2 Å². The van der Waals surface area contributed by atoms with Crippen LogP contribution in [0.2, 0.25) is 0 Å². The molecule has 1 aromatic rings. The average Bonchev–Trinajstić information content (AvgIpc) is 2.45. The fraction of sp³-hybridized carbons (Fsp3) is 0.500. The average molecular weight is 324 g/mol. The highest BCUT2D eigenvalue weighted by molar-refractivity contribution is 5.89. The van der Waals surface area contributed by atoms with Crippen LogP contribution < -0.4 is 5.32 Å². The molecular weight excluding hydrogens is 307 g/mol. The number of carbonyl (C=O) groups is 1. The lowest BCUT2D eigenvalue weighted by molar-refractivity contribution is -0.138. The number of nitrogens with one attached hydrogen (secondary N) is 1. The van der Waals surface area contributed by atoms with Crippen molar-refractivity contribution in [3.05, 3.63) is 34.9 Å². The molecule has 1 aliphatic heterocycles. The quantitative estimate of drug-likeness (QED) is 0.848. The van der Waals surface area contributed by atoms with Gasteiger partial charge in [0, 0.05) is 0 Å². The second-order valence-electron chi connectivity index (χ2n) is 4.82. The van der Waals surface area contributed by atoms with Gasteiger partial charge in [0.2, 0.25) is 0 Å². The molecule has 1 aromatic carbocycles. The fourth-order valence-electron chi connectivity index (χ4n) is 2.54. The van der Waals surface area contributed by atoms with Gasteiger partial charge in [0.25, 0.3) is 0 Å². The van der Waals surface area contributed by atoms with E-state index in [0.717, 1.165) is 6.07 Å². The van der Waals surface area contributed by atoms with Gasteiger partial charge in [0.15, 0.2) is 0 Å². The van der Waals surface area contributed by atoms with Gasteiger partial charge in [-0.2, -0.15) is 13.2 Å². The van der Waals surface area contributed by atoms with Gasteiger partial charge in [0.05, 0.1) is 18.2 Å². The third-order valence-corrected chi connectivity index (χ3v) is 3.56. The highest BCUT2D eigenvalue weighted by Gasteiger charge is 2.36. The number of methoxy groups -OCH3 is 1. The van der Waals surface area contributed by atoms with Gasteiger partial charge in [-0.1, -0.05) is 0 Å². The van der Waals surface area contributed by atoms with Crippen LogP contribution in [-0.2, 0) is 10.9 Å². The minimum atomic E-state index is -4.41. The van der Waals surface area contributed by atoms with Crippen molar-refractivity contribution in [3.63, 3.8) is 0 Å². The van der Waals surface area contributed by atoms with Gasteiger partial charge >= 0.3 is 12.1 Å². The molecule has 0 spiro atoms. The summed E-state index contributed by atoms with van der Waals surface area (Å²) in [6, 6.07) is 3.47. The summed E-state index contributed by atoms with van der Waals surface area (Å²) in [5.41, 5.74) is -0.298. The number of hydrogen-bond acceptors (Lipinski definition) is 3. The Balaban J connectivity index is 0.00000220. The first-order chi connectivity index (χ1) is 9.43. The zero-order valence-corrected chi connectivity index (χ0v) is 12.3. The molecule has 1 fully saturated rings. The smallest absolute Gasteiger partial charge is 0.416 e. The number of halogens is 4. The molecule has 2 rings (SSSR count). The summed E-state index contributed by atoms with van der Waals surface area (Å²) in [4.78, 5) is 11.5. The molecule has 0 unspecified atom stereocenters. The van der Waals surface area contributed by atoms with E-state index in [1.807, 2.05) is 0 Å². The van der Waals surface area contributed by atoms with Crippen molar-refractivity contribution < 1.29 is 22.7 Å². The van der Waals surface area contributed by atoms with Crippen molar-refractivity contribution in [3.8, 4) is 0 Å². The Kier molecular flexibility index (Phi) is 6.04. The van der Waals surface area contributed by atoms with Crippen LogP contribution in [0, 0.1) is 0 Å². The topological polar surface area (TPSA) is 38.3 Å². The number of ether oxygens (including phenoxy) is 1. The van der Waals surface area contributed by atoms with E-state index >= 15 is 0 Å². The third-order valence-electron chi connectivity index (χ3n) is 3.56. The predicted octanol–water partition coefficient (Wildman–Crippen LogP) is 3.38. The van der Waals surface area contributed by atoms with E-state index in [2.05, 4.69) is 10.1 Å². The molecule has 0 bridgehead atoms. The molecule has 0 saturated carbocycles. The van der Waals surface area contributed by atoms with Crippen molar-refractivity contribution >= 4 is 18.4 Å². The molecule has 1 aliphatic rings. The first-order valence-electron chi connectivity index (χ1n) is 6.43. The van der Waals surface area contributed by atoms with E-state index in [1.165, 1.54) is 19.2 Å². The maximum atomic E-state index is 13.1. The highest BCUT2D eigenvalue weighted by Crippen LogP contribution is 2.38. The van der Waals surface area contributed by atoms with E-state index in [9.17, 15) is 18.0 Å². The summed E-state index contributed by atoms with van der Waals surface area (Å²) in [6.07, 6.45) is -3.14. The summed E-state index contributed by atoms with van der Waals surface area (Å²) >= 11 is 0. The lowest BCUT2D eigenvalue weighted by Gasteiger charge is -2.26. The monoisotopic (exact) mass is 323 g/mol. The fourth-order valence-corrected chi connectivity index (χ4v) is 2.54. The molecule has 1 heterocycles. The van der Waals surface area contributed by atoms with Crippen LogP contribution in [0.3, 0.4) is 0 Å². The first-order valence-corrected chi connectivity index (χ1v) is 6.43. The van der Waals surface area contributed by atoms with Crippen molar-refractivity contribution in [2.75, 3.05) is 20.2 Å². The van der Waals surface area contributed by atoms with Crippen molar-refractivity contribution in [2.45, 2.75) is 24.9 Å². The van der Waals surface area contributed by atoms with Gasteiger partial charge in [-0.15, -0.1) is 12.4 Å². The Hall–Kier alpha value is -1.27. The lowest BCUT2D eigenvalue weighted by atomic mass is 9.86. The second-order valence-corrected chi connectivity index (χ2v) is 4.82. The first kappa shape index (κ1) is 17.8. The molecule has 1 N–H and O–H groups in total. The number of hydrogen-bond donors (Lipinski definition) is 1. The molecule has 21 heavy (non-hydrogen) atoms. The van der Waals surface area contributed by atoms with Crippen molar-refractivity contribution in [1.29, 1.82) is 0 Å². The molecule has 0 amide bonds. The Labute approximate surface area is 127 Å². The summed E-state index contributed by atoms with van der Waals surface area (Å²) < 4.78 is 43.8. The third kappa shape index (κ3) is 4.11. The maximum absolute atomic E-state index is 13.1. The molecule has 3 nitrogen and oxygen atoms in total. The Bertz CT molecular complexity index is 499. The Morgan fingerprint density at radius 3 is 2.43 bits per heavy atom. The van der Waals surface area contributed by atoms with Crippen LogP contribution in [0.4, 0.5) is 13.2 Å². The summed E-state index contributed by atoms with van der Waals surface area (Å²) in [6.45, 7) is 1.37. The van der Waals surface area contributed by atoms with Crippen LogP contribution >= 0.6 is 12.4 Å². The van der Waals surface area contributed by atoms with Crippen LogP contribution in [-0.4, -0.2) is 26.2 Å². The zero-order valence-electron chi connectivity index (χ0n) is 11.5. The summed E-state index contributed by atoms with van der Waals surface area (Å²) in [7, 11) is 1.21. The van der Waals surface area contributed by atoms with Gasteiger partial charge in [-0.05, 0) is 55.6 Å². The molecule has 7 heteroatoms. The van der Waals surface area contributed by atoms with Gasteiger partial charge < -0.3 is 10.1 Å². The standard InChI is InChI=1S/C14H16F3NO2.ClH/c1-20-13(19)10-2-3-12(14(15,16)17)11(8-10)9-4-6-18-7-5-9;/h2-3,8-9,18H,4-7H2,1H3;1H. The summed E-state index contributed by atoms with van der Waals surface area (Å²) in [5, 5.41) is 3.12. The van der Waals surface area contributed by atoms with E-state index in [1.54, 1.807) is 0 Å². The SMILES string of the molecule is COC(=O)c1ccc(C(F)(F)F)c(C2CCNCC2)c1.Cl. The van der Waals surface area contributed by atoms with Crippen molar-refractivity contribution in [1.82, 2.24) is 5.32 Å². The largest absolute Gasteiger partial charge is 0.465 e. The molecule has 118 valence electrons. The van der Waals surface area contributed by atoms with E-state index in [-0.39, 0.29) is 29.5 Å². The molecule has 0 aliphatic carbocycles. The van der Waals surface area contributed by atoms with E-state index in [4.69, 9.17) is 0 Å². The highest BCUT2D eigenvalue weighted by atomic mass is 35.5. The number of piperidine rings is 1. The Morgan fingerprint density at radius 1 is 1.29 bits per heavy atom. The number of esters is 1. The van der Waals surface area contributed by atoms with E-state index < -0.39 is 17.7 Å². The number of benzene rings is 1. The molecule has 0 radical (unpaired) electrons. The van der Waals surface area contributed by atoms with Crippen molar-refractivity contribution in [2.24, 2.45) is 0 Å². The minimum Gasteiger partial charge on any atom is -0.465 e. The summed E-state index contributed by atoms with van der Waals surface area (Å²) in [5.74, 6) is -0.800. The zero-order chi connectivity index (χ0) is 14.8. The Morgan fingerprint density at radius 2 is 1.90 bits per heavy atom. The molecule has 0 atom stereocenters. The van der Waals surface area contributed by atoms with Gasteiger partial charge in [-0.25, -0.2) is 4.79 Å². The van der Waals surface area contributed by atoms with Gasteiger partial charge in [-0.3, -0.25) is 0 Å². The van der Waals surface area contributed by atoms with Crippen LogP contribution in [0.25, 0.3) is 0 Å². The number of rotatable bonds is 2. The number of carbonyl (C=O) groups excluding carboxylic acids is 1. The second kappa shape index (κ2) is 7.13. The number of alkyl halides is 3. The normalized spacial score (nSPS) is 16.2. The van der Waals surface area contributed by atoms with Gasteiger partial charge in [0.1, 0.15) is 0 Å². The van der Waals surface area contributed by atoms with Crippen LogP contribution in [0.1, 0.15) is 40.2 Å².